The highest BCUT2D eigenvalue weighted by atomic mass is 16.4. The maximum absolute atomic E-state index is 12.2. The van der Waals surface area contributed by atoms with E-state index in [1.807, 2.05) is 0 Å². The second kappa shape index (κ2) is 7.12. The van der Waals surface area contributed by atoms with Crippen molar-refractivity contribution in [3.63, 3.8) is 0 Å². The minimum absolute atomic E-state index is 0.503. The Morgan fingerprint density at radius 2 is 1.55 bits per heavy atom. The quantitative estimate of drug-likeness (QED) is 0.784. The van der Waals surface area contributed by atoms with Gasteiger partial charge in [0.2, 0.25) is 0 Å². The highest BCUT2D eigenvalue weighted by molar-refractivity contribution is 5.84. The Bertz CT molecular complexity index is 359. The summed E-state index contributed by atoms with van der Waals surface area (Å²) in [5.41, 5.74) is 0. The molecule has 0 unspecified atom stereocenters. The van der Waals surface area contributed by atoms with Crippen LogP contribution in [-0.2, 0) is 9.59 Å². The van der Waals surface area contributed by atoms with Crippen molar-refractivity contribution in [3.8, 4) is 0 Å². The molecule has 0 aromatic rings. The highest BCUT2D eigenvalue weighted by Gasteiger charge is 2.29. The number of carboxylic acid groups (broad SMARTS) is 2. The fourth-order valence-electron chi connectivity index (χ4n) is 2.48. The van der Waals surface area contributed by atoms with Crippen molar-refractivity contribution in [3.05, 3.63) is 0 Å². The number of nitrogens with zero attached hydrogens (tertiary/aromatic N) is 2. The number of hydrogen-bond acceptors (Lipinski definition) is 3. The number of amides is 2. The molecular formula is C13H22N2O5. The van der Waals surface area contributed by atoms with E-state index in [2.05, 4.69) is 13.8 Å². The first-order valence-electron chi connectivity index (χ1n) is 6.78. The average Bonchev–Trinajstić information content (AvgIpc) is 2.36. The summed E-state index contributed by atoms with van der Waals surface area (Å²) in [5, 5.41) is 17.5. The lowest BCUT2D eigenvalue weighted by Crippen LogP contribution is -2.50. The van der Waals surface area contributed by atoms with Crippen LogP contribution in [0.1, 0.15) is 26.7 Å². The normalized spacial score (nSPS) is 16.2. The predicted molar refractivity (Wildman–Crippen MR) is 71.4 cm³/mol. The molecule has 0 aromatic carbocycles. The Kier molecular flexibility index (Phi) is 5.79. The first-order chi connectivity index (χ1) is 9.31. The standard InChI is InChI=1S/C13H22N2O5/c1-9(2)10-3-5-14(6-4-10)13(20)15(7-11(16)17)8-12(18)19/h9-10H,3-8H2,1-2H3,(H,16,17)(H,18,19). The summed E-state index contributed by atoms with van der Waals surface area (Å²) in [5.74, 6) is -1.30. The number of carbonyl (C=O) groups is 3. The smallest absolute Gasteiger partial charge is 0.323 e. The number of carboxylic acids is 2. The third-order valence-corrected chi connectivity index (χ3v) is 3.68. The molecule has 2 amide bonds. The van der Waals surface area contributed by atoms with Crippen LogP contribution in [0.3, 0.4) is 0 Å². The van der Waals surface area contributed by atoms with Gasteiger partial charge in [-0.3, -0.25) is 9.59 Å². The molecule has 0 saturated carbocycles. The molecule has 1 rings (SSSR count). The number of urea groups is 1. The summed E-state index contributed by atoms with van der Waals surface area (Å²) >= 11 is 0. The molecular weight excluding hydrogens is 264 g/mol. The molecule has 0 radical (unpaired) electrons. The molecule has 1 aliphatic rings. The lowest BCUT2D eigenvalue weighted by atomic mass is 9.87. The van der Waals surface area contributed by atoms with E-state index < -0.39 is 31.1 Å². The molecule has 1 aliphatic heterocycles. The molecule has 114 valence electrons. The molecule has 0 aliphatic carbocycles. The molecule has 0 bridgehead atoms. The van der Waals surface area contributed by atoms with Gasteiger partial charge in [-0.1, -0.05) is 13.8 Å². The van der Waals surface area contributed by atoms with Crippen molar-refractivity contribution in [1.29, 1.82) is 0 Å². The van der Waals surface area contributed by atoms with Crippen LogP contribution >= 0.6 is 0 Å². The molecule has 1 fully saturated rings. The van der Waals surface area contributed by atoms with Gasteiger partial charge in [0.05, 0.1) is 0 Å². The van der Waals surface area contributed by atoms with Crippen molar-refractivity contribution in [1.82, 2.24) is 9.80 Å². The van der Waals surface area contributed by atoms with Crippen LogP contribution in [0.25, 0.3) is 0 Å². The molecule has 1 saturated heterocycles. The number of piperidine rings is 1. The average molecular weight is 286 g/mol. The number of rotatable bonds is 5. The summed E-state index contributed by atoms with van der Waals surface area (Å²) in [6, 6.07) is -0.503. The molecule has 0 atom stereocenters. The number of carbonyl (C=O) groups excluding carboxylic acids is 1. The lowest BCUT2D eigenvalue weighted by Gasteiger charge is -2.36. The maximum atomic E-state index is 12.2. The zero-order valence-corrected chi connectivity index (χ0v) is 11.9. The van der Waals surface area contributed by atoms with Crippen LogP contribution in [0.5, 0.6) is 0 Å². The summed E-state index contributed by atoms with van der Waals surface area (Å²) in [7, 11) is 0. The van der Waals surface area contributed by atoms with E-state index in [0.717, 1.165) is 17.7 Å². The Morgan fingerprint density at radius 1 is 1.10 bits per heavy atom. The predicted octanol–water partition coefficient (Wildman–Crippen LogP) is 0.946. The molecule has 2 N–H and O–H groups in total. The van der Waals surface area contributed by atoms with E-state index in [1.54, 1.807) is 4.90 Å². The van der Waals surface area contributed by atoms with Crippen LogP contribution < -0.4 is 0 Å². The second-order valence-electron chi connectivity index (χ2n) is 5.49. The molecule has 7 nitrogen and oxygen atoms in total. The first kappa shape index (κ1) is 16.3. The zero-order valence-electron chi connectivity index (χ0n) is 11.9. The van der Waals surface area contributed by atoms with Gasteiger partial charge in [-0.15, -0.1) is 0 Å². The number of likely N-dealkylation sites (tertiary alicyclic amines) is 1. The molecule has 0 aromatic heterocycles. The largest absolute Gasteiger partial charge is 0.480 e. The van der Waals surface area contributed by atoms with E-state index in [-0.39, 0.29) is 0 Å². The lowest BCUT2D eigenvalue weighted by molar-refractivity contribution is -0.140. The van der Waals surface area contributed by atoms with Crippen molar-refractivity contribution in [2.45, 2.75) is 26.7 Å². The van der Waals surface area contributed by atoms with Gasteiger partial charge in [0.1, 0.15) is 13.1 Å². The van der Waals surface area contributed by atoms with Gasteiger partial charge in [0, 0.05) is 13.1 Å². The van der Waals surface area contributed by atoms with Crippen molar-refractivity contribution in [2.75, 3.05) is 26.2 Å². The van der Waals surface area contributed by atoms with Crippen LogP contribution in [0.2, 0.25) is 0 Å². The summed E-state index contributed by atoms with van der Waals surface area (Å²) in [6.07, 6.45) is 1.74. The third-order valence-electron chi connectivity index (χ3n) is 3.68. The van der Waals surface area contributed by atoms with E-state index >= 15 is 0 Å². The summed E-state index contributed by atoms with van der Waals surface area (Å²) in [6.45, 7) is 4.21. The zero-order chi connectivity index (χ0) is 15.3. The SMILES string of the molecule is CC(C)C1CCN(C(=O)N(CC(=O)O)CC(=O)O)CC1. The number of hydrogen-bond donors (Lipinski definition) is 2. The van der Waals surface area contributed by atoms with E-state index in [0.29, 0.717) is 24.9 Å². The van der Waals surface area contributed by atoms with Gasteiger partial charge in [0.25, 0.3) is 0 Å². The van der Waals surface area contributed by atoms with Crippen LogP contribution in [-0.4, -0.2) is 64.2 Å². The van der Waals surface area contributed by atoms with Crippen molar-refractivity contribution < 1.29 is 24.6 Å². The highest BCUT2D eigenvalue weighted by Crippen LogP contribution is 2.24. The topological polar surface area (TPSA) is 98.2 Å². The van der Waals surface area contributed by atoms with Gasteiger partial charge in [-0.05, 0) is 24.7 Å². The van der Waals surface area contributed by atoms with Gasteiger partial charge >= 0.3 is 18.0 Å². The first-order valence-corrected chi connectivity index (χ1v) is 6.78. The van der Waals surface area contributed by atoms with Crippen LogP contribution in [0.4, 0.5) is 4.79 Å². The summed E-state index contributed by atoms with van der Waals surface area (Å²) in [4.78, 5) is 36.0. The van der Waals surface area contributed by atoms with E-state index in [9.17, 15) is 14.4 Å². The molecule has 0 spiro atoms. The Hall–Kier alpha value is -1.79. The van der Waals surface area contributed by atoms with Crippen molar-refractivity contribution >= 4 is 18.0 Å². The van der Waals surface area contributed by atoms with Crippen molar-refractivity contribution in [2.24, 2.45) is 11.8 Å². The van der Waals surface area contributed by atoms with Crippen LogP contribution in [0, 0.1) is 11.8 Å². The van der Waals surface area contributed by atoms with Crippen LogP contribution in [0.15, 0.2) is 0 Å². The van der Waals surface area contributed by atoms with Gasteiger partial charge in [0.15, 0.2) is 0 Å². The van der Waals surface area contributed by atoms with Gasteiger partial charge in [-0.2, -0.15) is 0 Å². The number of aliphatic carboxylic acids is 2. The molecule has 1 heterocycles. The Balaban J connectivity index is 2.61. The fourth-order valence-corrected chi connectivity index (χ4v) is 2.48. The minimum Gasteiger partial charge on any atom is -0.480 e. The maximum Gasteiger partial charge on any atom is 0.323 e. The Morgan fingerprint density at radius 3 is 1.90 bits per heavy atom. The monoisotopic (exact) mass is 286 g/mol. The van der Waals surface area contributed by atoms with Gasteiger partial charge < -0.3 is 20.0 Å². The van der Waals surface area contributed by atoms with E-state index in [4.69, 9.17) is 10.2 Å². The molecule has 20 heavy (non-hydrogen) atoms. The fraction of sp³-hybridized carbons (Fsp3) is 0.769. The molecule has 7 heteroatoms. The third kappa shape index (κ3) is 4.71. The van der Waals surface area contributed by atoms with Gasteiger partial charge in [-0.25, -0.2) is 4.79 Å². The second-order valence-corrected chi connectivity index (χ2v) is 5.49. The summed E-state index contributed by atoms with van der Waals surface area (Å²) < 4.78 is 0. The Labute approximate surface area is 118 Å². The minimum atomic E-state index is -1.21. The van der Waals surface area contributed by atoms with E-state index in [1.165, 1.54) is 0 Å².